The lowest BCUT2D eigenvalue weighted by Gasteiger charge is -2.19. The summed E-state index contributed by atoms with van der Waals surface area (Å²) in [6.07, 6.45) is 1.18. The minimum Gasteiger partial charge on any atom is -0.481 e. The maximum Gasteiger partial charge on any atom is 0.409 e. The number of carbonyl (C=O) groups excluding carboxylic acids is 1. The van der Waals surface area contributed by atoms with Gasteiger partial charge in [-0.2, -0.15) is 0 Å². The van der Waals surface area contributed by atoms with E-state index in [0.717, 1.165) is 16.7 Å². The number of ether oxygens (including phenoxy) is 1. The molecule has 1 saturated heterocycles. The molecule has 1 aromatic heterocycles. The van der Waals surface area contributed by atoms with Crippen LogP contribution < -0.4 is 0 Å². The van der Waals surface area contributed by atoms with Crippen molar-refractivity contribution in [2.75, 3.05) is 19.7 Å². The van der Waals surface area contributed by atoms with Crippen LogP contribution in [0.5, 0.6) is 0 Å². The van der Waals surface area contributed by atoms with Crippen LogP contribution in [0.2, 0.25) is 0 Å². The van der Waals surface area contributed by atoms with Crippen LogP contribution in [-0.2, 0) is 9.53 Å². The number of amides is 1. The lowest BCUT2D eigenvalue weighted by molar-refractivity contribution is -0.141. The average molecular weight is 493 g/mol. The summed E-state index contributed by atoms with van der Waals surface area (Å²) in [6, 6.07) is 20.0. The summed E-state index contributed by atoms with van der Waals surface area (Å²) < 4.78 is 6.41. The molecule has 1 fully saturated rings. The summed E-state index contributed by atoms with van der Waals surface area (Å²) in [6.45, 7) is 0.620. The van der Waals surface area contributed by atoms with Crippen LogP contribution in [0.1, 0.15) is 28.5 Å². The van der Waals surface area contributed by atoms with Gasteiger partial charge in [0.2, 0.25) is 0 Å². The summed E-state index contributed by atoms with van der Waals surface area (Å²) in [4.78, 5) is 30.5. The van der Waals surface area contributed by atoms with E-state index in [-0.39, 0.29) is 31.5 Å². The second-order valence-corrected chi connectivity index (χ2v) is 8.99. The van der Waals surface area contributed by atoms with Crippen LogP contribution >= 0.6 is 15.9 Å². The highest BCUT2D eigenvalue weighted by molar-refractivity contribution is 9.10. The molecular weight excluding hydrogens is 472 g/mol. The molecule has 0 bridgehead atoms. The third kappa shape index (κ3) is 3.66. The minimum atomic E-state index is -0.924. The Morgan fingerprint density at radius 1 is 1.00 bits per heavy atom. The molecule has 162 valence electrons. The highest BCUT2D eigenvalue weighted by atomic mass is 79.9. The van der Waals surface area contributed by atoms with Gasteiger partial charge >= 0.3 is 12.1 Å². The fourth-order valence-electron chi connectivity index (χ4n) is 4.83. The van der Waals surface area contributed by atoms with Crippen molar-refractivity contribution in [3.05, 3.63) is 88.2 Å². The van der Waals surface area contributed by atoms with Gasteiger partial charge in [-0.05, 0) is 49.8 Å². The van der Waals surface area contributed by atoms with Gasteiger partial charge in [0.05, 0.1) is 5.92 Å². The SMILES string of the molecule is O=C(O)C1CN(C(=O)OCC2c3ccccc3-c3ccccc32)CC1c1ccc(Br)nc1. The van der Waals surface area contributed by atoms with Crippen molar-refractivity contribution in [2.45, 2.75) is 11.8 Å². The van der Waals surface area contributed by atoms with E-state index in [4.69, 9.17) is 4.74 Å². The van der Waals surface area contributed by atoms with Crippen LogP contribution in [0.15, 0.2) is 71.5 Å². The standard InChI is InChI=1S/C25H21BrN2O4/c26-23-10-9-15(11-27-23)20-12-28(13-21(20)24(29)30)25(31)32-14-22-18-7-3-1-5-16(18)17-6-2-4-8-19(17)22/h1-11,20-22H,12-14H2,(H,29,30). The molecule has 3 aromatic rings. The van der Waals surface area contributed by atoms with Crippen molar-refractivity contribution in [1.29, 1.82) is 0 Å². The van der Waals surface area contributed by atoms with Gasteiger partial charge in [0, 0.05) is 31.1 Å². The van der Waals surface area contributed by atoms with Gasteiger partial charge < -0.3 is 14.7 Å². The van der Waals surface area contributed by atoms with Gasteiger partial charge in [0.1, 0.15) is 11.2 Å². The number of carboxylic acids is 1. The summed E-state index contributed by atoms with van der Waals surface area (Å²) in [5.74, 6) is -1.98. The monoisotopic (exact) mass is 492 g/mol. The number of aliphatic carboxylic acids is 1. The summed E-state index contributed by atoms with van der Waals surface area (Å²) >= 11 is 3.30. The Balaban J connectivity index is 1.32. The topological polar surface area (TPSA) is 79.7 Å². The highest BCUT2D eigenvalue weighted by Crippen LogP contribution is 2.44. The second kappa shape index (κ2) is 8.39. The molecule has 2 heterocycles. The first kappa shape index (κ1) is 20.7. The molecule has 0 radical (unpaired) electrons. The zero-order valence-electron chi connectivity index (χ0n) is 17.1. The van der Waals surface area contributed by atoms with E-state index in [1.54, 1.807) is 12.3 Å². The van der Waals surface area contributed by atoms with Gasteiger partial charge in [0.25, 0.3) is 0 Å². The van der Waals surface area contributed by atoms with E-state index in [0.29, 0.717) is 4.60 Å². The summed E-state index contributed by atoms with van der Waals surface area (Å²) in [5, 5.41) is 9.71. The quantitative estimate of drug-likeness (QED) is 0.524. The maximum atomic E-state index is 12.9. The first-order valence-electron chi connectivity index (χ1n) is 10.5. The molecule has 1 aliphatic heterocycles. The Labute approximate surface area is 194 Å². The number of aromatic nitrogens is 1. The van der Waals surface area contributed by atoms with Crippen LogP contribution in [0.3, 0.4) is 0 Å². The smallest absolute Gasteiger partial charge is 0.409 e. The zero-order valence-corrected chi connectivity index (χ0v) is 18.7. The minimum absolute atomic E-state index is 0.0318. The number of nitrogens with zero attached hydrogens (tertiary/aromatic N) is 2. The Morgan fingerprint density at radius 2 is 1.66 bits per heavy atom. The number of hydrogen-bond acceptors (Lipinski definition) is 4. The molecule has 6 nitrogen and oxygen atoms in total. The van der Waals surface area contributed by atoms with E-state index in [1.807, 2.05) is 30.3 Å². The van der Waals surface area contributed by atoms with Crippen molar-refractivity contribution < 1.29 is 19.4 Å². The fraction of sp³-hybridized carbons (Fsp3) is 0.240. The fourth-order valence-corrected chi connectivity index (χ4v) is 5.07. The van der Waals surface area contributed by atoms with Gasteiger partial charge in [-0.25, -0.2) is 9.78 Å². The molecule has 2 aromatic carbocycles. The Bertz CT molecular complexity index is 1140. The average Bonchev–Trinajstić information content (AvgIpc) is 3.39. The number of pyridine rings is 1. The number of carboxylic acid groups (broad SMARTS) is 1. The number of rotatable bonds is 4. The molecule has 32 heavy (non-hydrogen) atoms. The number of fused-ring (bicyclic) bond motifs is 3. The van der Waals surface area contributed by atoms with Crippen LogP contribution in [-0.4, -0.2) is 46.7 Å². The largest absolute Gasteiger partial charge is 0.481 e. The van der Waals surface area contributed by atoms with Crippen molar-refractivity contribution in [2.24, 2.45) is 5.92 Å². The van der Waals surface area contributed by atoms with E-state index in [9.17, 15) is 14.7 Å². The van der Waals surface area contributed by atoms with E-state index < -0.39 is 18.0 Å². The number of benzene rings is 2. The molecule has 1 amide bonds. The first-order valence-corrected chi connectivity index (χ1v) is 11.3. The molecule has 1 N–H and O–H groups in total. The molecule has 5 rings (SSSR count). The van der Waals surface area contributed by atoms with Crippen molar-refractivity contribution >= 4 is 28.0 Å². The van der Waals surface area contributed by atoms with Gasteiger partial charge in [-0.15, -0.1) is 0 Å². The second-order valence-electron chi connectivity index (χ2n) is 8.17. The van der Waals surface area contributed by atoms with Crippen molar-refractivity contribution in [3.8, 4) is 11.1 Å². The highest BCUT2D eigenvalue weighted by Gasteiger charge is 2.41. The number of likely N-dealkylation sites (tertiary alicyclic amines) is 1. The van der Waals surface area contributed by atoms with E-state index in [2.05, 4.69) is 45.2 Å². The third-order valence-corrected chi connectivity index (χ3v) is 6.88. The summed E-state index contributed by atoms with van der Waals surface area (Å²) in [5.41, 5.74) is 5.42. The molecule has 2 aliphatic rings. The third-order valence-electron chi connectivity index (χ3n) is 6.41. The normalized spacial score (nSPS) is 19.5. The number of hydrogen-bond donors (Lipinski definition) is 1. The van der Waals surface area contributed by atoms with Gasteiger partial charge in [-0.1, -0.05) is 54.6 Å². The number of carbonyl (C=O) groups is 2. The predicted octanol–water partition coefficient (Wildman–Crippen LogP) is 4.89. The van der Waals surface area contributed by atoms with Crippen LogP contribution in [0, 0.1) is 5.92 Å². The molecule has 7 heteroatoms. The van der Waals surface area contributed by atoms with Crippen molar-refractivity contribution in [1.82, 2.24) is 9.88 Å². The zero-order chi connectivity index (χ0) is 22.2. The Morgan fingerprint density at radius 3 is 2.25 bits per heavy atom. The maximum absolute atomic E-state index is 12.9. The molecule has 0 spiro atoms. The Hall–Kier alpha value is -3.19. The van der Waals surface area contributed by atoms with E-state index >= 15 is 0 Å². The molecule has 1 aliphatic carbocycles. The lowest BCUT2D eigenvalue weighted by Crippen LogP contribution is -2.31. The van der Waals surface area contributed by atoms with Crippen LogP contribution in [0.25, 0.3) is 11.1 Å². The molecular formula is C25H21BrN2O4. The molecule has 0 saturated carbocycles. The van der Waals surface area contributed by atoms with Crippen molar-refractivity contribution in [3.63, 3.8) is 0 Å². The molecule has 2 unspecified atom stereocenters. The van der Waals surface area contributed by atoms with Crippen LogP contribution in [0.4, 0.5) is 4.79 Å². The summed E-state index contributed by atoms with van der Waals surface area (Å²) in [7, 11) is 0. The number of halogens is 1. The predicted molar refractivity (Wildman–Crippen MR) is 122 cm³/mol. The molecule has 2 atom stereocenters. The first-order chi connectivity index (χ1) is 15.5. The van der Waals surface area contributed by atoms with E-state index in [1.165, 1.54) is 16.0 Å². The van der Waals surface area contributed by atoms with Gasteiger partial charge in [0.15, 0.2) is 0 Å². The van der Waals surface area contributed by atoms with Gasteiger partial charge in [-0.3, -0.25) is 4.79 Å². The lowest BCUT2D eigenvalue weighted by atomic mass is 9.90. The Kier molecular flexibility index (Phi) is 5.43.